The van der Waals surface area contributed by atoms with E-state index in [0.29, 0.717) is 5.92 Å². The summed E-state index contributed by atoms with van der Waals surface area (Å²) in [7, 11) is 0. The van der Waals surface area contributed by atoms with Gasteiger partial charge in [-0.25, -0.2) is 0 Å². The van der Waals surface area contributed by atoms with Crippen molar-refractivity contribution in [2.24, 2.45) is 0 Å². The lowest BCUT2D eigenvalue weighted by atomic mass is 9.75. The molecule has 2 aromatic heterocycles. The van der Waals surface area contributed by atoms with Crippen LogP contribution in [0.15, 0.2) is 53.1 Å². The van der Waals surface area contributed by atoms with Gasteiger partial charge in [-0.3, -0.25) is 4.98 Å². The van der Waals surface area contributed by atoms with Crippen molar-refractivity contribution in [1.82, 2.24) is 4.98 Å². The van der Waals surface area contributed by atoms with E-state index < -0.39 is 0 Å². The average molecular weight is 327 g/mol. The van der Waals surface area contributed by atoms with Gasteiger partial charge in [0.25, 0.3) is 0 Å². The number of hydrogen-bond acceptors (Lipinski definition) is 2. The summed E-state index contributed by atoms with van der Waals surface area (Å²) in [6.45, 7) is 9.13. The molecule has 0 saturated carbocycles. The van der Waals surface area contributed by atoms with E-state index in [1.807, 2.05) is 12.3 Å². The van der Waals surface area contributed by atoms with Gasteiger partial charge in [0.1, 0.15) is 11.2 Å². The van der Waals surface area contributed by atoms with Crippen LogP contribution in [0.25, 0.3) is 33.2 Å². The number of pyridine rings is 1. The molecule has 5 rings (SSSR count). The van der Waals surface area contributed by atoms with Crippen molar-refractivity contribution in [3.63, 3.8) is 0 Å². The summed E-state index contributed by atoms with van der Waals surface area (Å²) < 4.78 is 6.14. The molecule has 0 unspecified atom stereocenters. The van der Waals surface area contributed by atoms with Gasteiger partial charge in [-0.2, -0.15) is 0 Å². The van der Waals surface area contributed by atoms with E-state index in [1.165, 1.54) is 27.6 Å². The first kappa shape index (κ1) is 14.7. The molecule has 0 atom stereocenters. The highest BCUT2D eigenvalue weighted by Crippen LogP contribution is 2.49. The van der Waals surface area contributed by atoms with Gasteiger partial charge >= 0.3 is 0 Å². The van der Waals surface area contributed by atoms with Crippen LogP contribution in [-0.4, -0.2) is 4.98 Å². The van der Waals surface area contributed by atoms with Crippen molar-refractivity contribution in [1.29, 1.82) is 0 Å². The molecular weight excluding hydrogens is 306 g/mol. The Hall–Kier alpha value is -2.61. The Balaban J connectivity index is 2.03. The monoisotopic (exact) mass is 327 g/mol. The zero-order chi connectivity index (χ0) is 17.3. The third-order valence-corrected chi connectivity index (χ3v) is 5.72. The van der Waals surface area contributed by atoms with Crippen molar-refractivity contribution in [2.75, 3.05) is 0 Å². The average Bonchev–Trinajstić information content (AvgIpc) is 2.95. The standard InChI is InChI=1S/C23H21NO/c1-13(2)14-8-9-15-17(12-14)23(3,4)16-6-5-7-18-20(16)21-19(25-18)10-11-24-22(15)21/h5-13H,1-4H3. The second-order valence-electron chi connectivity index (χ2n) is 7.90. The van der Waals surface area contributed by atoms with Gasteiger partial charge in [0.15, 0.2) is 0 Å². The molecule has 2 nitrogen and oxygen atoms in total. The highest BCUT2D eigenvalue weighted by atomic mass is 16.3. The van der Waals surface area contributed by atoms with Crippen LogP contribution in [0.3, 0.4) is 0 Å². The van der Waals surface area contributed by atoms with Crippen LogP contribution in [0, 0.1) is 0 Å². The molecule has 4 aromatic rings. The fourth-order valence-electron chi connectivity index (χ4n) is 4.28. The number of fused-ring (bicyclic) bond motifs is 2. The smallest absolute Gasteiger partial charge is 0.139 e. The van der Waals surface area contributed by atoms with Gasteiger partial charge in [0.05, 0.1) is 11.1 Å². The highest BCUT2D eigenvalue weighted by molar-refractivity contribution is 6.14. The van der Waals surface area contributed by atoms with E-state index in [-0.39, 0.29) is 5.41 Å². The van der Waals surface area contributed by atoms with Crippen molar-refractivity contribution in [3.05, 3.63) is 65.4 Å². The molecule has 0 saturated heterocycles. The van der Waals surface area contributed by atoms with E-state index in [1.54, 1.807) is 0 Å². The summed E-state index contributed by atoms with van der Waals surface area (Å²) in [5.41, 5.74) is 8.06. The molecule has 124 valence electrons. The second kappa shape index (κ2) is 4.72. The molecular formula is C23H21NO. The molecule has 0 radical (unpaired) electrons. The first-order valence-corrected chi connectivity index (χ1v) is 8.94. The minimum absolute atomic E-state index is 0.114. The van der Waals surface area contributed by atoms with Gasteiger partial charge in [-0.05, 0) is 34.7 Å². The Morgan fingerprint density at radius 1 is 0.920 bits per heavy atom. The summed E-state index contributed by atoms with van der Waals surface area (Å²) in [4.78, 5) is 4.77. The van der Waals surface area contributed by atoms with E-state index >= 15 is 0 Å². The van der Waals surface area contributed by atoms with Gasteiger partial charge in [0, 0.05) is 22.6 Å². The van der Waals surface area contributed by atoms with Crippen LogP contribution in [0.5, 0.6) is 0 Å². The van der Waals surface area contributed by atoms with Crippen molar-refractivity contribution >= 4 is 21.9 Å². The first-order chi connectivity index (χ1) is 12.0. The zero-order valence-corrected chi connectivity index (χ0v) is 15.1. The van der Waals surface area contributed by atoms with Crippen LogP contribution in [-0.2, 0) is 5.41 Å². The third kappa shape index (κ3) is 1.82. The SMILES string of the molecule is CC(C)c1ccc2c(c1)C(C)(C)c1cccc3oc4ccnc-2c4c13. The molecule has 0 fully saturated rings. The molecule has 0 amide bonds. The summed E-state index contributed by atoms with van der Waals surface area (Å²) in [5.74, 6) is 0.505. The summed E-state index contributed by atoms with van der Waals surface area (Å²) in [6, 6.07) is 15.3. The largest absolute Gasteiger partial charge is 0.456 e. The Morgan fingerprint density at radius 3 is 2.52 bits per heavy atom. The Labute approximate surface area is 147 Å². The van der Waals surface area contributed by atoms with Gasteiger partial charge < -0.3 is 4.42 Å². The fourth-order valence-corrected chi connectivity index (χ4v) is 4.28. The maximum absolute atomic E-state index is 6.14. The van der Waals surface area contributed by atoms with Crippen LogP contribution in [0.1, 0.15) is 50.3 Å². The van der Waals surface area contributed by atoms with Crippen molar-refractivity contribution in [3.8, 4) is 11.3 Å². The maximum atomic E-state index is 6.14. The number of hydrogen-bond donors (Lipinski definition) is 0. The normalized spacial score (nSPS) is 15.1. The van der Waals surface area contributed by atoms with Gasteiger partial charge in [0.2, 0.25) is 0 Å². The summed E-state index contributed by atoms with van der Waals surface area (Å²) >= 11 is 0. The molecule has 1 aliphatic rings. The maximum Gasteiger partial charge on any atom is 0.139 e. The number of aromatic nitrogens is 1. The second-order valence-corrected chi connectivity index (χ2v) is 7.90. The number of rotatable bonds is 1. The summed E-state index contributed by atoms with van der Waals surface area (Å²) in [6.07, 6.45) is 1.86. The summed E-state index contributed by atoms with van der Waals surface area (Å²) in [5, 5.41) is 2.37. The lowest BCUT2D eigenvalue weighted by Gasteiger charge is -2.28. The number of benzene rings is 2. The van der Waals surface area contributed by atoms with E-state index in [9.17, 15) is 0 Å². The zero-order valence-electron chi connectivity index (χ0n) is 15.1. The lowest BCUT2D eigenvalue weighted by Crippen LogP contribution is -2.20. The molecule has 0 aliphatic heterocycles. The molecule has 2 aromatic carbocycles. The van der Waals surface area contributed by atoms with Crippen LogP contribution >= 0.6 is 0 Å². The third-order valence-electron chi connectivity index (χ3n) is 5.72. The van der Waals surface area contributed by atoms with E-state index in [4.69, 9.17) is 9.40 Å². The molecule has 2 heteroatoms. The van der Waals surface area contributed by atoms with Crippen LogP contribution in [0.2, 0.25) is 0 Å². The molecule has 0 spiro atoms. The first-order valence-electron chi connectivity index (χ1n) is 8.94. The van der Waals surface area contributed by atoms with Gasteiger partial charge in [-0.1, -0.05) is 58.0 Å². The Bertz CT molecular complexity index is 1150. The molecule has 1 aliphatic carbocycles. The predicted octanol–water partition coefficient (Wildman–Crippen LogP) is 6.41. The lowest BCUT2D eigenvalue weighted by molar-refractivity contribution is 0.641. The minimum Gasteiger partial charge on any atom is -0.456 e. The van der Waals surface area contributed by atoms with Crippen molar-refractivity contribution < 1.29 is 4.42 Å². The van der Waals surface area contributed by atoms with E-state index in [2.05, 4.69) is 64.1 Å². The van der Waals surface area contributed by atoms with Crippen LogP contribution in [0.4, 0.5) is 0 Å². The Kier molecular flexibility index (Phi) is 2.78. The molecule has 2 heterocycles. The Morgan fingerprint density at radius 2 is 1.72 bits per heavy atom. The van der Waals surface area contributed by atoms with Gasteiger partial charge in [-0.15, -0.1) is 0 Å². The molecule has 25 heavy (non-hydrogen) atoms. The van der Waals surface area contributed by atoms with Crippen molar-refractivity contribution in [2.45, 2.75) is 39.0 Å². The predicted molar refractivity (Wildman–Crippen MR) is 103 cm³/mol. The topological polar surface area (TPSA) is 26.0 Å². The van der Waals surface area contributed by atoms with E-state index in [0.717, 1.165) is 22.2 Å². The molecule has 0 bridgehead atoms. The number of nitrogens with zero attached hydrogens (tertiary/aromatic N) is 1. The quantitative estimate of drug-likeness (QED) is 0.403. The number of furan rings is 1. The minimum atomic E-state index is -0.114. The highest BCUT2D eigenvalue weighted by Gasteiger charge is 2.34. The van der Waals surface area contributed by atoms with Crippen LogP contribution < -0.4 is 0 Å². The fraction of sp³-hybridized carbons (Fsp3) is 0.261. The molecule has 0 N–H and O–H groups in total.